The zero-order valence-corrected chi connectivity index (χ0v) is 14.0. The summed E-state index contributed by atoms with van der Waals surface area (Å²) >= 11 is 5.92. The van der Waals surface area contributed by atoms with Crippen molar-refractivity contribution in [1.82, 2.24) is 9.29 Å². The SMILES string of the molecule is CCN(CC)S(=O)(=O)c1ccc(Nc2cccc(Cl)c2)nc1. The first-order valence-corrected chi connectivity index (χ1v) is 8.78. The number of pyridine rings is 1. The van der Waals surface area contributed by atoms with Crippen LogP contribution in [0.1, 0.15) is 13.8 Å². The minimum absolute atomic E-state index is 0.188. The van der Waals surface area contributed by atoms with Gasteiger partial charge in [-0.05, 0) is 30.3 Å². The molecule has 1 N–H and O–H groups in total. The fourth-order valence-corrected chi connectivity index (χ4v) is 3.63. The van der Waals surface area contributed by atoms with Gasteiger partial charge in [0.2, 0.25) is 10.0 Å². The molecule has 0 atom stereocenters. The van der Waals surface area contributed by atoms with E-state index in [0.717, 1.165) is 5.69 Å². The summed E-state index contributed by atoms with van der Waals surface area (Å²) in [6.45, 7) is 4.48. The summed E-state index contributed by atoms with van der Waals surface area (Å²) in [7, 11) is -3.48. The predicted molar refractivity (Wildman–Crippen MR) is 89.1 cm³/mol. The van der Waals surface area contributed by atoms with Gasteiger partial charge in [-0.15, -0.1) is 0 Å². The molecule has 0 unspecified atom stereocenters. The number of nitrogens with zero attached hydrogens (tertiary/aromatic N) is 2. The Kier molecular flexibility index (Phi) is 5.39. The van der Waals surface area contributed by atoms with E-state index in [1.165, 1.54) is 10.5 Å². The van der Waals surface area contributed by atoms with Gasteiger partial charge in [-0.3, -0.25) is 0 Å². The molecule has 0 bridgehead atoms. The van der Waals surface area contributed by atoms with Crippen molar-refractivity contribution in [2.24, 2.45) is 0 Å². The Balaban J connectivity index is 2.20. The second-order valence-corrected chi connectivity index (χ2v) is 6.98. The smallest absolute Gasteiger partial charge is 0.244 e. The topological polar surface area (TPSA) is 62.3 Å². The molecule has 0 aliphatic heterocycles. The van der Waals surface area contributed by atoms with Crippen molar-refractivity contribution in [2.45, 2.75) is 18.7 Å². The van der Waals surface area contributed by atoms with Crippen LogP contribution in [0.5, 0.6) is 0 Å². The van der Waals surface area contributed by atoms with Gasteiger partial charge in [-0.1, -0.05) is 31.5 Å². The number of hydrogen-bond acceptors (Lipinski definition) is 4. The van der Waals surface area contributed by atoms with Crippen molar-refractivity contribution >= 4 is 33.1 Å². The third kappa shape index (κ3) is 3.76. The highest BCUT2D eigenvalue weighted by molar-refractivity contribution is 7.89. The molecule has 5 nitrogen and oxygen atoms in total. The number of hydrogen-bond donors (Lipinski definition) is 1. The highest BCUT2D eigenvalue weighted by Gasteiger charge is 2.21. The molecule has 1 heterocycles. The van der Waals surface area contributed by atoms with Crippen LogP contribution in [-0.4, -0.2) is 30.8 Å². The highest BCUT2D eigenvalue weighted by atomic mass is 35.5. The Labute approximate surface area is 136 Å². The van der Waals surface area contributed by atoms with Crippen molar-refractivity contribution in [3.05, 3.63) is 47.6 Å². The number of halogens is 1. The standard InChI is InChI=1S/C15H18ClN3O2S/c1-3-19(4-2)22(20,21)14-8-9-15(17-11-14)18-13-7-5-6-12(16)10-13/h5-11H,3-4H2,1-2H3,(H,17,18). The zero-order chi connectivity index (χ0) is 16.2. The lowest BCUT2D eigenvalue weighted by atomic mass is 10.3. The van der Waals surface area contributed by atoms with E-state index >= 15 is 0 Å². The van der Waals surface area contributed by atoms with E-state index in [1.807, 2.05) is 26.0 Å². The lowest BCUT2D eigenvalue weighted by molar-refractivity contribution is 0.445. The van der Waals surface area contributed by atoms with Crippen molar-refractivity contribution in [3.63, 3.8) is 0 Å². The second kappa shape index (κ2) is 7.09. The minimum atomic E-state index is -3.48. The summed E-state index contributed by atoms with van der Waals surface area (Å²) in [5.41, 5.74) is 0.791. The van der Waals surface area contributed by atoms with Crippen LogP contribution >= 0.6 is 11.6 Å². The molecule has 0 radical (unpaired) electrons. The summed E-state index contributed by atoms with van der Waals surface area (Å²) in [5.74, 6) is 0.556. The van der Waals surface area contributed by atoms with E-state index in [9.17, 15) is 8.42 Å². The Morgan fingerprint density at radius 3 is 2.45 bits per heavy atom. The van der Waals surface area contributed by atoms with Crippen LogP contribution in [-0.2, 0) is 10.0 Å². The molecule has 0 aliphatic carbocycles. The summed E-state index contributed by atoms with van der Waals surface area (Å²) < 4.78 is 26.1. The molecule has 1 aromatic heterocycles. The first kappa shape index (κ1) is 16.7. The van der Waals surface area contributed by atoms with Gasteiger partial charge < -0.3 is 5.32 Å². The van der Waals surface area contributed by atoms with Crippen molar-refractivity contribution in [1.29, 1.82) is 0 Å². The number of aromatic nitrogens is 1. The summed E-state index contributed by atoms with van der Waals surface area (Å²) in [6.07, 6.45) is 1.36. The van der Waals surface area contributed by atoms with E-state index in [1.54, 1.807) is 24.3 Å². The monoisotopic (exact) mass is 339 g/mol. The summed E-state index contributed by atoms with van der Waals surface area (Å²) in [5, 5.41) is 3.69. The van der Waals surface area contributed by atoms with Crippen LogP contribution in [0, 0.1) is 0 Å². The molecule has 7 heteroatoms. The van der Waals surface area contributed by atoms with Crippen LogP contribution in [0.15, 0.2) is 47.5 Å². The maximum atomic E-state index is 12.4. The number of nitrogens with one attached hydrogen (secondary N) is 1. The minimum Gasteiger partial charge on any atom is -0.340 e. The summed E-state index contributed by atoms with van der Waals surface area (Å²) in [4.78, 5) is 4.35. The van der Waals surface area contributed by atoms with Gasteiger partial charge in [0.05, 0.1) is 0 Å². The first-order valence-electron chi connectivity index (χ1n) is 6.96. The second-order valence-electron chi connectivity index (χ2n) is 4.60. The van der Waals surface area contributed by atoms with Crippen LogP contribution in [0.3, 0.4) is 0 Å². The summed E-state index contributed by atoms with van der Waals surface area (Å²) in [6, 6.07) is 10.4. The van der Waals surface area contributed by atoms with Crippen molar-refractivity contribution < 1.29 is 8.42 Å². The van der Waals surface area contributed by atoms with Gasteiger partial charge in [0, 0.05) is 30.0 Å². The van der Waals surface area contributed by atoms with Gasteiger partial charge >= 0.3 is 0 Å². The molecule has 0 saturated carbocycles. The average molecular weight is 340 g/mol. The number of rotatable bonds is 6. The molecular weight excluding hydrogens is 322 g/mol. The molecule has 1 aromatic carbocycles. The molecule has 2 rings (SSSR count). The Hall–Kier alpha value is -1.63. The maximum Gasteiger partial charge on any atom is 0.244 e. The first-order chi connectivity index (χ1) is 10.5. The molecule has 118 valence electrons. The van der Waals surface area contributed by atoms with Crippen molar-refractivity contribution in [3.8, 4) is 0 Å². The molecule has 0 aliphatic rings. The van der Waals surface area contributed by atoms with Crippen LogP contribution in [0.4, 0.5) is 11.5 Å². The predicted octanol–water partition coefficient (Wildman–Crippen LogP) is 3.51. The zero-order valence-electron chi connectivity index (χ0n) is 12.5. The van der Waals surface area contributed by atoms with Gasteiger partial charge in [-0.2, -0.15) is 4.31 Å². The average Bonchev–Trinajstić information content (AvgIpc) is 2.49. The van der Waals surface area contributed by atoms with Crippen LogP contribution in [0.2, 0.25) is 5.02 Å². The van der Waals surface area contributed by atoms with E-state index in [0.29, 0.717) is 23.9 Å². The number of benzene rings is 1. The number of anilines is 2. The Bertz CT molecular complexity index is 729. The van der Waals surface area contributed by atoms with E-state index < -0.39 is 10.0 Å². The molecule has 0 amide bonds. The Morgan fingerprint density at radius 2 is 1.91 bits per heavy atom. The lowest BCUT2D eigenvalue weighted by Gasteiger charge is -2.18. The van der Waals surface area contributed by atoms with Crippen LogP contribution in [0.25, 0.3) is 0 Å². The van der Waals surface area contributed by atoms with Gasteiger partial charge in [-0.25, -0.2) is 13.4 Å². The quantitative estimate of drug-likeness (QED) is 0.874. The fourth-order valence-electron chi connectivity index (χ4n) is 2.03. The molecular formula is C15H18ClN3O2S. The normalized spacial score (nSPS) is 11.6. The van der Waals surface area contributed by atoms with E-state index in [4.69, 9.17) is 11.6 Å². The van der Waals surface area contributed by atoms with E-state index in [2.05, 4.69) is 10.3 Å². The largest absolute Gasteiger partial charge is 0.340 e. The molecule has 0 spiro atoms. The molecule has 0 saturated heterocycles. The third-order valence-electron chi connectivity index (χ3n) is 3.18. The van der Waals surface area contributed by atoms with Gasteiger partial charge in [0.25, 0.3) is 0 Å². The third-order valence-corrected chi connectivity index (χ3v) is 5.45. The highest BCUT2D eigenvalue weighted by Crippen LogP contribution is 2.20. The van der Waals surface area contributed by atoms with Gasteiger partial charge in [0.1, 0.15) is 10.7 Å². The van der Waals surface area contributed by atoms with Crippen molar-refractivity contribution in [2.75, 3.05) is 18.4 Å². The lowest BCUT2D eigenvalue weighted by Crippen LogP contribution is -2.30. The fraction of sp³-hybridized carbons (Fsp3) is 0.267. The molecule has 22 heavy (non-hydrogen) atoms. The van der Waals surface area contributed by atoms with E-state index in [-0.39, 0.29) is 4.90 Å². The Morgan fingerprint density at radius 1 is 1.18 bits per heavy atom. The molecule has 2 aromatic rings. The van der Waals surface area contributed by atoms with Gasteiger partial charge in [0.15, 0.2) is 0 Å². The maximum absolute atomic E-state index is 12.4. The van der Waals surface area contributed by atoms with Crippen LogP contribution < -0.4 is 5.32 Å². The molecule has 0 fully saturated rings. The number of sulfonamides is 1.